The van der Waals surface area contributed by atoms with Gasteiger partial charge in [0.05, 0.1) is 0 Å². The van der Waals surface area contributed by atoms with E-state index in [9.17, 15) is 14.7 Å². The van der Waals surface area contributed by atoms with Gasteiger partial charge in [0, 0.05) is 26.1 Å². The highest BCUT2D eigenvalue weighted by molar-refractivity contribution is 5.94. The number of aliphatic carboxylic acids is 1. The molecule has 0 saturated carbocycles. The molecule has 2 rings (SSSR count). The van der Waals surface area contributed by atoms with Gasteiger partial charge in [-0.3, -0.25) is 4.79 Å². The topological polar surface area (TPSA) is 130 Å². The standard InChI is InChI=1S/C8H11N5O4/c14-6(5-10-12-13-11-5)9-8(7(15)16)1-3-17-4-2-8/h1-4H2,(H,9,14)(H,15,16)(H,10,11,12,13). The minimum absolute atomic E-state index is 0.183. The van der Waals surface area contributed by atoms with Crippen LogP contribution in [0, 0.1) is 0 Å². The molecule has 0 atom stereocenters. The number of carbonyl (C=O) groups is 2. The highest BCUT2D eigenvalue weighted by Crippen LogP contribution is 2.21. The van der Waals surface area contributed by atoms with Crippen LogP contribution in [0.5, 0.6) is 0 Å². The van der Waals surface area contributed by atoms with Crippen molar-refractivity contribution in [2.45, 2.75) is 18.4 Å². The van der Waals surface area contributed by atoms with E-state index in [0.717, 1.165) is 0 Å². The van der Waals surface area contributed by atoms with Crippen molar-refractivity contribution < 1.29 is 19.4 Å². The molecule has 1 aromatic rings. The fourth-order valence-electron chi connectivity index (χ4n) is 1.64. The van der Waals surface area contributed by atoms with Crippen molar-refractivity contribution in [1.82, 2.24) is 25.9 Å². The Hall–Kier alpha value is -2.03. The van der Waals surface area contributed by atoms with Crippen LogP contribution >= 0.6 is 0 Å². The van der Waals surface area contributed by atoms with Gasteiger partial charge in [0.25, 0.3) is 11.7 Å². The van der Waals surface area contributed by atoms with Gasteiger partial charge in [-0.15, -0.1) is 10.2 Å². The number of hydrogen-bond acceptors (Lipinski definition) is 6. The summed E-state index contributed by atoms with van der Waals surface area (Å²) in [7, 11) is 0. The molecule has 1 saturated heterocycles. The maximum Gasteiger partial charge on any atom is 0.329 e. The van der Waals surface area contributed by atoms with Crippen molar-refractivity contribution in [2.75, 3.05) is 13.2 Å². The second-order valence-corrected chi connectivity index (χ2v) is 3.69. The highest BCUT2D eigenvalue weighted by Gasteiger charge is 2.42. The van der Waals surface area contributed by atoms with Crippen molar-refractivity contribution in [3.8, 4) is 0 Å². The number of amides is 1. The Morgan fingerprint density at radius 3 is 2.65 bits per heavy atom. The molecule has 1 amide bonds. The largest absolute Gasteiger partial charge is 0.480 e. The summed E-state index contributed by atoms with van der Waals surface area (Å²) in [4.78, 5) is 22.9. The average molecular weight is 241 g/mol. The molecule has 1 aliphatic rings. The molecule has 0 unspecified atom stereocenters. The van der Waals surface area contributed by atoms with Crippen LogP contribution in [0.2, 0.25) is 0 Å². The number of H-pyrrole nitrogens is 1. The monoisotopic (exact) mass is 241 g/mol. The van der Waals surface area contributed by atoms with E-state index in [4.69, 9.17) is 4.74 Å². The Kier molecular flexibility index (Phi) is 3.00. The Labute approximate surface area is 95.5 Å². The molecule has 2 heterocycles. The second-order valence-electron chi connectivity index (χ2n) is 3.69. The normalized spacial score (nSPS) is 18.6. The van der Waals surface area contributed by atoms with Crippen molar-refractivity contribution in [3.63, 3.8) is 0 Å². The molecule has 0 spiro atoms. The van der Waals surface area contributed by atoms with Gasteiger partial charge < -0.3 is 15.2 Å². The maximum absolute atomic E-state index is 11.7. The fourth-order valence-corrected chi connectivity index (χ4v) is 1.64. The van der Waals surface area contributed by atoms with Crippen LogP contribution < -0.4 is 5.32 Å². The van der Waals surface area contributed by atoms with Gasteiger partial charge in [-0.25, -0.2) is 4.79 Å². The zero-order valence-electron chi connectivity index (χ0n) is 8.84. The summed E-state index contributed by atoms with van der Waals surface area (Å²) in [6.07, 6.45) is 0.428. The van der Waals surface area contributed by atoms with Crippen LogP contribution in [0.25, 0.3) is 0 Å². The molecule has 3 N–H and O–H groups in total. The summed E-state index contributed by atoms with van der Waals surface area (Å²) in [5.74, 6) is -1.93. The number of hydrogen-bond donors (Lipinski definition) is 3. The molecule has 17 heavy (non-hydrogen) atoms. The van der Waals surface area contributed by atoms with E-state index >= 15 is 0 Å². The number of tetrazole rings is 1. The summed E-state index contributed by atoms with van der Waals surface area (Å²) in [6, 6.07) is 0. The number of carbonyl (C=O) groups excluding carboxylic acids is 1. The van der Waals surface area contributed by atoms with Gasteiger partial charge in [-0.1, -0.05) is 0 Å². The lowest BCUT2D eigenvalue weighted by atomic mass is 9.90. The smallest absolute Gasteiger partial charge is 0.329 e. The first-order valence-electron chi connectivity index (χ1n) is 5.01. The van der Waals surface area contributed by atoms with Gasteiger partial charge >= 0.3 is 5.97 Å². The quantitative estimate of drug-likeness (QED) is 0.590. The van der Waals surface area contributed by atoms with E-state index in [0.29, 0.717) is 13.2 Å². The van der Waals surface area contributed by atoms with Crippen LogP contribution in [0.1, 0.15) is 23.5 Å². The summed E-state index contributed by atoms with van der Waals surface area (Å²) >= 11 is 0. The van der Waals surface area contributed by atoms with Crippen molar-refractivity contribution in [2.24, 2.45) is 0 Å². The van der Waals surface area contributed by atoms with E-state index in [2.05, 4.69) is 25.9 Å². The molecule has 0 aliphatic carbocycles. The lowest BCUT2D eigenvalue weighted by Gasteiger charge is -2.33. The predicted molar refractivity (Wildman–Crippen MR) is 52.1 cm³/mol. The minimum Gasteiger partial charge on any atom is -0.480 e. The number of ether oxygens (including phenoxy) is 1. The molecular formula is C8H11N5O4. The molecule has 0 radical (unpaired) electrons. The number of rotatable bonds is 3. The Morgan fingerprint density at radius 1 is 1.41 bits per heavy atom. The third kappa shape index (κ3) is 2.23. The molecule has 0 aromatic carbocycles. The average Bonchev–Trinajstić information content (AvgIpc) is 2.83. The van der Waals surface area contributed by atoms with E-state index in [-0.39, 0.29) is 18.7 Å². The number of carboxylic acid groups (broad SMARTS) is 1. The third-order valence-electron chi connectivity index (χ3n) is 2.66. The molecule has 92 valence electrons. The van der Waals surface area contributed by atoms with Crippen LogP contribution in [0.3, 0.4) is 0 Å². The van der Waals surface area contributed by atoms with E-state index < -0.39 is 17.4 Å². The van der Waals surface area contributed by atoms with Gasteiger partial charge in [0.1, 0.15) is 5.54 Å². The first kappa shape index (κ1) is 11.5. The zero-order chi connectivity index (χ0) is 12.3. The number of carboxylic acids is 1. The molecule has 9 heteroatoms. The lowest BCUT2D eigenvalue weighted by molar-refractivity contribution is -0.148. The predicted octanol–water partition coefficient (Wildman–Crippen LogP) is -1.44. The van der Waals surface area contributed by atoms with Gasteiger partial charge in [-0.05, 0) is 5.21 Å². The van der Waals surface area contributed by atoms with Crippen LogP contribution in [0.15, 0.2) is 0 Å². The number of aromatic nitrogens is 4. The molecular weight excluding hydrogens is 230 g/mol. The Bertz CT molecular complexity index is 412. The van der Waals surface area contributed by atoms with Gasteiger partial charge in [0.2, 0.25) is 0 Å². The highest BCUT2D eigenvalue weighted by atomic mass is 16.5. The number of nitrogens with one attached hydrogen (secondary N) is 2. The minimum atomic E-state index is -1.31. The summed E-state index contributed by atoms with van der Waals surface area (Å²) < 4.78 is 5.08. The van der Waals surface area contributed by atoms with E-state index in [1.54, 1.807) is 0 Å². The fraction of sp³-hybridized carbons (Fsp3) is 0.625. The molecule has 1 aromatic heterocycles. The Balaban J connectivity index is 2.13. The SMILES string of the molecule is O=C(NC1(C(=O)O)CCOCC1)c1nn[nH]n1. The van der Waals surface area contributed by atoms with Crippen molar-refractivity contribution >= 4 is 11.9 Å². The van der Waals surface area contributed by atoms with E-state index in [1.165, 1.54) is 0 Å². The third-order valence-corrected chi connectivity index (χ3v) is 2.66. The van der Waals surface area contributed by atoms with Crippen LogP contribution in [-0.2, 0) is 9.53 Å². The maximum atomic E-state index is 11.7. The van der Waals surface area contributed by atoms with E-state index in [1.807, 2.05) is 0 Å². The second kappa shape index (κ2) is 4.45. The summed E-state index contributed by atoms with van der Waals surface area (Å²) in [5, 5.41) is 24.0. The summed E-state index contributed by atoms with van der Waals surface area (Å²) in [6.45, 7) is 0.581. The van der Waals surface area contributed by atoms with Crippen molar-refractivity contribution in [3.05, 3.63) is 5.82 Å². The molecule has 1 fully saturated rings. The molecule has 0 bridgehead atoms. The lowest BCUT2D eigenvalue weighted by Crippen LogP contribution is -2.57. The van der Waals surface area contributed by atoms with Crippen LogP contribution in [0.4, 0.5) is 0 Å². The zero-order valence-corrected chi connectivity index (χ0v) is 8.84. The van der Waals surface area contributed by atoms with Gasteiger partial charge in [-0.2, -0.15) is 5.21 Å². The summed E-state index contributed by atoms with van der Waals surface area (Å²) in [5.41, 5.74) is -1.31. The first-order chi connectivity index (χ1) is 8.14. The molecule has 9 nitrogen and oxygen atoms in total. The molecule has 1 aliphatic heterocycles. The van der Waals surface area contributed by atoms with Gasteiger partial charge in [0.15, 0.2) is 0 Å². The first-order valence-corrected chi connectivity index (χ1v) is 5.01. The van der Waals surface area contributed by atoms with Crippen LogP contribution in [-0.4, -0.2) is 56.4 Å². The number of nitrogens with zero attached hydrogens (tertiary/aromatic N) is 3. The number of aromatic amines is 1. The Morgan fingerprint density at radius 2 is 2.12 bits per heavy atom. The van der Waals surface area contributed by atoms with Crippen molar-refractivity contribution in [1.29, 1.82) is 0 Å².